The van der Waals surface area contributed by atoms with Crippen molar-refractivity contribution < 1.29 is 4.74 Å². The van der Waals surface area contributed by atoms with Gasteiger partial charge in [-0.25, -0.2) is 0 Å². The molecule has 0 atom stereocenters. The van der Waals surface area contributed by atoms with Gasteiger partial charge in [0, 0.05) is 6.42 Å². The zero-order valence-electron chi connectivity index (χ0n) is 5.45. The fourth-order valence-corrected chi connectivity index (χ4v) is 1.46. The molecule has 0 bridgehead atoms. The standard InChI is InChI=1S/C7H8OS2/c9-6-8-3-1-7-2-4-10-5-7/h2,4-6H,1,3H2. The van der Waals surface area contributed by atoms with Crippen molar-refractivity contribution in [1.29, 1.82) is 0 Å². The SMILES string of the molecule is S=COCCc1ccsc1. The van der Waals surface area contributed by atoms with E-state index in [0.717, 1.165) is 6.42 Å². The number of hydrogen-bond acceptors (Lipinski definition) is 3. The van der Waals surface area contributed by atoms with Gasteiger partial charge in [0.1, 0.15) is 5.55 Å². The maximum atomic E-state index is 4.90. The van der Waals surface area contributed by atoms with Gasteiger partial charge in [-0.3, -0.25) is 0 Å². The highest BCUT2D eigenvalue weighted by Gasteiger charge is 1.90. The van der Waals surface area contributed by atoms with Crippen molar-refractivity contribution in [3.8, 4) is 0 Å². The Hall–Kier alpha value is -0.410. The summed E-state index contributed by atoms with van der Waals surface area (Å²) in [6.45, 7) is 0.695. The summed E-state index contributed by atoms with van der Waals surface area (Å²) in [5.74, 6) is 0. The molecule has 1 aromatic heterocycles. The quantitative estimate of drug-likeness (QED) is 0.509. The summed E-state index contributed by atoms with van der Waals surface area (Å²) in [6, 6.07) is 2.09. The summed E-state index contributed by atoms with van der Waals surface area (Å²) >= 11 is 6.21. The van der Waals surface area contributed by atoms with Gasteiger partial charge in [-0.05, 0) is 34.6 Å². The largest absolute Gasteiger partial charge is 0.489 e. The average molecular weight is 172 g/mol. The molecule has 0 aromatic carbocycles. The van der Waals surface area contributed by atoms with E-state index in [1.165, 1.54) is 11.1 Å². The van der Waals surface area contributed by atoms with E-state index in [0.29, 0.717) is 6.61 Å². The fraction of sp³-hybridized carbons (Fsp3) is 0.286. The molecule has 0 fully saturated rings. The molecular weight excluding hydrogens is 164 g/mol. The van der Waals surface area contributed by atoms with E-state index in [9.17, 15) is 0 Å². The third-order valence-corrected chi connectivity index (χ3v) is 2.02. The molecular formula is C7H8OS2. The Bertz CT molecular complexity index is 181. The minimum absolute atomic E-state index is 0.695. The third kappa shape index (κ3) is 2.45. The van der Waals surface area contributed by atoms with Gasteiger partial charge in [0.25, 0.3) is 0 Å². The molecule has 0 spiro atoms. The lowest BCUT2D eigenvalue weighted by atomic mass is 10.3. The number of thiocarbonyl (C=S) groups is 1. The highest BCUT2D eigenvalue weighted by atomic mass is 32.1. The lowest BCUT2D eigenvalue weighted by molar-refractivity contribution is 0.332. The van der Waals surface area contributed by atoms with E-state index < -0.39 is 0 Å². The maximum Gasteiger partial charge on any atom is 0.146 e. The summed E-state index contributed by atoms with van der Waals surface area (Å²) in [5.41, 5.74) is 2.63. The second-order valence-electron chi connectivity index (χ2n) is 1.85. The molecule has 1 nitrogen and oxygen atoms in total. The van der Waals surface area contributed by atoms with Gasteiger partial charge in [-0.2, -0.15) is 11.3 Å². The highest BCUT2D eigenvalue weighted by Crippen LogP contribution is 2.05. The second-order valence-corrected chi connectivity index (χ2v) is 2.82. The molecule has 0 radical (unpaired) electrons. The summed E-state index contributed by atoms with van der Waals surface area (Å²) in [7, 11) is 0. The van der Waals surface area contributed by atoms with Gasteiger partial charge in [0.15, 0.2) is 0 Å². The van der Waals surface area contributed by atoms with Crippen LogP contribution in [0.3, 0.4) is 0 Å². The van der Waals surface area contributed by atoms with Crippen LogP contribution < -0.4 is 0 Å². The van der Waals surface area contributed by atoms with Crippen LogP contribution in [-0.2, 0) is 11.2 Å². The Morgan fingerprint density at radius 3 is 3.20 bits per heavy atom. The molecule has 0 saturated carbocycles. The van der Waals surface area contributed by atoms with Crippen molar-refractivity contribution in [3.05, 3.63) is 22.4 Å². The van der Waals surface area contributed by atoms with Crippen LogP contribution in [-0.4, -0.2) is 12.2 Å². The molecule has 0 aliphatic rings. The van der Waals surface area contributed by atoms with Crippen LogP contribution in [0.1, 0.15) is 5.56 Å². The van der Waals surface area contributed by atoms with Crippen LogP contribution in [0.25, 0.3) is 0 Å². The Morgan fingerprint density at radius 1 is 1.70 bits per heavy atom. The number of thiophene rings is 1. The Morgan fingerprint density at radius 2 is 2.60 bits per heavy atom. The van der Waals surface area contributed by atoms with Crippen LogP contribution in [0.5, 0.6) is 0 Å². The third-order valence-electron chi connectivity index (χ3n) is 1.16. The molecule has 0 saturated heterocycles. The molecule has 54 valence electrons. The van der Waals surface area contributed by atoms with Crippen LogP contribution in [0.15, 0.2) is 16.8 Å². The molecule has 1 heterocycles. The van der Waals surface area contributed by atoms with Gasteiger partial charge in [0.05, 0.1) is 6.61 Å². The Balaban J connectivity index is 2.21. The maximum absolute atomic E-state index is 4.90. The summed E-state index contributed by atoms with van der Waals surface area (Å²) in [5, 5.41) is 4.18. The smallest absolute Gasteiger partial charge is 0.146 e. The van der Waals surface area contributed by atoms with Crippen LogP contribution in [0.2, 0.25) is 0 Å². The minimum Gasteiger partial charge on any atom is -0.489 e. The molecule has 0 N–H and O–H groups in total. The predicted molar refractivity (Wildman–Crippen MR) is 47.6 cm³/mol. The fourth-order valence-electron chi connectivity index (χ4n) is 0.660. The first-order valence-corrected chi connectivity index (χ1v) is 4.41. The van der Waals surface area contributed by atoms with Crippen molar-refractivity contribution in [2.24, 2.45) is 0 Å². The van der Waals surface area contributed by atoms with Gasteiger partial charge in [0.2, 0.25) is 0 Å². The van der Waals surface area contributed by atoms with Crippen LogP contribution in [0.4, 0.5) is 0 Å². The molecule has 1 aromatic rings. The van der Waals surface area contributed by atoms with Crippen LogP contribution in [0, 0.1) is 0 Å². The lowest BCUT2D eigenvalue weighted by Crippen LogP contribution is -1.93. The molecule has 3 heteroatoms. The van der Waals surface area contributed by atoms with Crippen molar-refractivity contribution in [3.63, 3.8) is 0 Å². The predicted octanol–water partition coefficient (Wildman–Crippen LogP) is 2.26. The van der Waals surface area contributed by atoms with E-state index in [1.807, 2.05) is 0 Å². The van der Waals surface area contributed by atoms with Crippen molar-refractivity contribution >= 4 is 29.1 Å². The highest BCUT2D eigenvalue weighted by molar-refractivity contribution is 7.78. The normalized spacial score (nSPS) is 9.20. The summed E-state index contributed by atoms with van der Waals surface area (Å²) in [6.07, 6.45) is 0.955. The van der Waals surface area contributed by atoms with E-state index in [-0.39, 0.29) is 0 Å². The van der Waals surface area contributed by atoms with E-state index in [2.05, 4.69) is 29.0 Å². The van der Waals surface area contributed by atoms with E-state index in [4.69, 9.17) is 4.74 Å². The summed E-state index contributed by atoms with van der Waals surface area (Å²) < 4.78 is 4.90. The zero-order chi connectivity index (χ0) is 7.23. The molecule has 0 amide bonds. The molecule has 10 heavy (non-hydrogen) atoms. The zero-order valence-corrected chi connectivity index (χ0v) is 7.08. The first-order chi connectivity index (χ1) is 4.93. The average Bonchev–Trinajstić information content (AvgIpc) is 2.41. The molecule has 0 aliphatic carbocycles. The topological polar surface area (TPSA) is 9.23 Å². The number of ether oxygens (including phenoxy) is 1. The first kappa shape index (κ1) is 7.69. The van der Waals surface area contributed by atoms with Crippen molar-refractivity contribution in [1.82, 2.24) is 0 Å². The lowest BCUT2D eigenvalue weighted by Gasteiger charge is -1.95. The van der Waals surface area contributed by atoms with Gasteiger partial charge < -0.3 is 4.74 Å². The van der Waals surface area contributed by atoms with Gasteiger partial charge in [-0.15, -0.1) is 0 Å². The summed E-state index contributed by atoms with van der Waals surface area (Å²) in [4.78, 5) is 0. The van der Waals surface area contributed by atoms with Crippen molar-refractivity contribution in [2.45, 2.75) is 6.42 Å². The number of rotatable bonds is 4. The van der Waals surface area contributed by atoms with Gasteiger partial charge in [-0.1, -0.05) is 0 Å². The Kier molecular flexibility index (Phi) is 3.40. The van der Waals surface area contributed by atoms with E-state index >= 15 is 0 Å². The van der Waals surface area contributed by atoms with Crippen molar-refractivity contribution in [2.75, 3.05) is 6.61 Å². The molecule has 0 aliphatic heterocycles. The molecule has 0 unspecified atom stereocenters. The van der Waals surface area contributed by atoms with E-state index in [1.54, 1.807) is 11.3 Å². The molecule has 1 rings (SSSR count). The second kappa shape index (κ2) is 4.41. The Labute approximate surface area is 69.6 Å². The van der Waals surface area contributed by atoms with Crippen LogP contribution >= 0.6 is 23.6 Å². The monoisotopic (exact) mass is 172 g/mol. The van der Waals surface area contributed by atoms with Gasteiger partial charge >= 0.3 is 0 Å². The first-order valence-electron chi connectivity index (χ1n) is 3.00. The minimum atomic E-state index is 0.695. The number of hydrogen-bond donors (Lipinski definition) is 0.